The molecule has 2 fully saturated rings. The molecule has 1 unspecified atom stereocenters. The Balaban J connectivity index is 0.569. The lowest BCUT2D eigenvalue weighted by molar-refractivity contribution is -0.132. The number of methoxy groups -OCH3 is 3. The molecule has 13 rings (SSSR count). The minimum Gasteiger partial charge on any atom is -0.497 e. The number of benzene rings is 6. The first kappa shape index (κ1) is 75.2. The summed E-state index contributed by atoms with van der Waals surface area (Å²) in [6.45, 7) is 8.96. The third kappa shape index (κ3) is 16.2. The molecule has 6 aromatic carbocycles. The highest BCUT2D eigenvalue weighted by Gasteiger charge is 2.58. The first-order chi connectivity index (χ1) is 52.5. The number of para-hydroxylation sites is 1. The van der Waals surface area contributed by atoms with Crippen LogP contribution in [0, 0.1) is 11.3 Å². The molecule has 1 saturated carbocycles. The number of rotatable bonds is 26. The van der Waals surface area contributed by atoms with E-state index in [2.05, 4.69) is 42.2 Å². The molecule has 0 radical (unpaired) electrons. The van der Waals surface area contributed by atoms with Gasteiger partial charge in [-0.2, -0.15) is 0 Å². The highest BCUT2D eigenvalue weighted by molar-refractivity contribution is 6.07. The summed E-state index contributed by atoms with van der Waals surface area (Å²) >= 11 is 0. The van der Waals surface area contributed by atoms with Gasteiger partial charge in [-0.15, -0.1) is 5.10 Å². The molecule has 7 aromatic rings. The monoisotopic (exact) mass is 1490 g/mol. The molecule has 29 heteroatoms. The lowest BCUT2D eigenvalue weighted by Gasteiger charge is -2.31. The number of hydrogen-bond donors (Lipinski definition) is 7. The highest BCUT2D eigenvalue weighted by atomic mass is 16.6. The van der Waals surface area contributed by atoms with Crippen LogP contribution in [-0.2, 0) is 46.7 Å². The van der Waals surface area contributed by atoms with Crippen molar-refractivity contribution in [2.24, 2.45) is 11.3 Å². The molecule has 5 atom stereocenters. The number of aromatic nitrogens is 3. The Morgan fingerprint density at radius 3 is 2.06 bits per heavy atom. The maximum Gasteiger partial charge on any atom is 0.416 e. The Labute approximate surface area is 629 Å². The van der Waals surface area contributed by atoms with E-state index in [1.807, 2.05) is 97.5 Å². The number of nitrogens with one attached hydrogen (secondary N) is 6. The van der Waals surface area contributed by atoms with E-state index in [9.17, 15) is 48.3 Å². The van der Waals surface area contributed by atoms with Crippen LogP contribution in [-0.4, -0.2) is 174 Å². The Kier molecular flexibility index (Phi) is 22.2. The average Bonchev–Trinajstić information content (AvgIpc) is 1.58. The third-order valence-electron chi connectivity index (χ3n) is 20.6. The van der Waals surface area contributed by atoms with Crippen molar-refractivity contribution in [3.63, 3.8) is 0 Å². The SMILES string of the molecule is COc1ccc(C2=CN3C(=O)c4cc(OC)c(OCCCOc5cc6c(cc5OC)C(=O)N5CC7(CC7)C[C@H]5C(O)N6C(=O)OCc5ccc(NC(=O)[C@H](C)NC(=O)[C@H](NC(=O)CNC(=O)CNC(=O)CCC(=O)N6Cc7ccccc7-c7nnn(C(C)C)c7-c7ccccc76)C(C)C)cc5)cc4NC[C@@H]3C2)cc1. The molecule has 6 aliphatic rings. The van der Waals surface area contributed by atoms with Gasteiger partial charge in [-0.1, -0.05) is 85.8 Å². The predicted octanol–water partition coefficient (Wildman–Crippen LogP) is 8.36. The largest absolute Gasteiger partial charge is 0.497 e. The van der Waals surface area contributed by atoms with E-state index in [-0.39, 0.29) is 97.2 Å². The zero-order valence-electron chi connectivity index (χ0n) is 62.0. The average molecular weight is 1490 g/mol. The van der Waals surface area contributed by atoms with Crippen LogP contribution in [0.25, 0.3) is 28.1 Å². The van der Waals surface area contributed by atoms with Crippen molar-refractivity contribution in [3.8, 4) is 51.3 Å². The van der Waals surface area contributed by atoms with Gasteiger partial charge in [0.1, 0.15) is 30.1 Å². The summed E-state index contributed by atoms with van der Waals surface area (Å²) in [7, 11) is 4.56. The van der Waals surface area contributed by atoms with Gasteiger partial charge in [0.05, 0.1) is 100 Å². The van der Waals surface area contributed by atoms with Crippen LogP contribution in [0.15, 0.2) is 128 Å². The number of anilines is 4. The number of nitrogens with zero attached hydrogens (tertiary/aromatic N) is 7. The third-order valence-corrected chi connectivity index (χ3v) is 20.6. The van der Waals surface area contributed by atoms with Crippen LogP contribution in [0.2, 0.25) is 0 Å². The van der Waals surface area contributed by atoms with Crippen molar-refractivity contribution in [2.75, 3.05) is 81.2 Å². The first-order valence-electron chi connectivity index (χ1n) is 36.6. The minimum absolute atomic E-state index is 0.0292. The fourth-order valence-electron chi connectivity index (χ4n) is 14.5. The first-order valence-corrected chi connectivity index (χ1v) is 36.6. The topological polar surface area (TPSA) is 345 Å². The van der Waals surface area contributed by atoms with Crippen LogP contribution in [0.4, 0.5) is 27.5 Å². The Morgan fingerprint density at radius 2 is 1.37 bits per heavy atom. The standard InChI is InChI=1S/C80H89N13O16/c1-45(2)71(86-69(96)40-83-68(95)39-82-67(94)26-27-70(97)90-41-50-14-9-10-15-55(50)72-73(93(46(3)4)88-87-72)56-16-11-12-17-60(56)90)75(99)84-47(5)74(98)85-52-22-18-48(19-23-52)43-109-79(103)92-61-36-66(64(106-8)34-58(61)77(101)91-44-80(28-29-80)37-62(91)78(92)102)108-31-13-30-107-65-35-59-57(33-63(65)105-7)76(100)89-42-51(32-53(89)38-81-59)49-20-24-54(104-6)25-21-49/h9-12,14-25,33-36,42,45-47,53,62,71,78,81,102H,13,26-32,37-41,43-44H2,1-8H3,(H,82,94)(H,83,95)(H,84,99)(H,85,98)(H,86,96)/t47-,53-,62-,71+,78?/m0/s1. The summed E-state index contributed by atoms with van der Waals surface area (Å²) < 4.78 is 37.1. The van der Waals surface area contributed by atoms with Crippen molar-refractivity contribution >= 4 is 81.7 Å². The van der Waals surface area contributed by atoms with Crippen molar-refractivity contribution in [1.29, 1.82) is 0 Å². The van der Waals surface area contributed by atoms with Gasteiger partial charge in [-0.25, -0.2) is 14.4 Å². The molecule has 6 heterocycles. The molecule has 1 spiro atoms. The number of hydrogen-bond acceptors (Lipinski definition) is 19. The van der Waals surface area contributed by atoms with Crippen LogP contribution in [0.3, 0.4) is 0 Å². The summed E-state index contributed by atoms with van der Waals surface area (Å²) in [5.74, 6) is -2.60. The summed E-state index contributed by atoms with van der Waals surface area (Å²) in [5, 5.41) is 37.7. The van der Waals surface area contributed by atoms with Gasteiger partial charge in [-0.3, -0.25) is 38.4 Å². The van der Waals surface area contributed by atoms with Gasteiger partial charge in [0.25, 0.3) is 11.8 Å². The second-order valence-electron chi connectivity index (χ2n) is 28.7. The van der Waals surface area contributed by atoms with E-state index in [0.29, 0.717) is 77.7 Å². The maximum absolute atomic E-state index is 14.5. The Morgan fingerprint density at radius 1 is 0.688 bits per heavy atom. The predicted molar refractivity (Wildman–Crippen MR) is 403 cm³/mol. The van der Waals surface area contributed by atoms with E-state index in [4.69, 9.17) is 28.4 Å². The Bertz CT molecular complexity index is 4710. The fraction of sp³-hybridized carbons (Fsp3) is 0.388. The number of carbonyl (C=O) groups is 9. The van der Waals surface area contributed by atoms with Gasteiger partial charge in [0, 0.05) is 73.5 Å². The summed E-state index contributed by atoms with van der Waals surface area (Å²) in [6.07, 6.45) is 2.33. The van der Waals surface area contributed by atoms with Gasteiger partial charge in [0.2, 0.25) is 35.4 Å². The quantitative estimate of drug-likeness (QED) is 0.0250. The van der Waals surface area contributed by atoms with E-state index in [1.165, 1.54) is 33.3 Å². The molecule has 1 aliphatic carbocycles. The van der Waals surface area contributed by atoms with Crippen molar-refractivity contribution in [1.82, 2.24) is 46.1 Å². The number of amides is 9. The highest BCUT2D eigenvalue weighted by Crippen LogP contribution is 2.57. The van der Waals surface area contributed by atoms with Gasteiger partial charge in [-0.05, 0) is 123 Å². The molecule has 7 N–H and O–H groups in total. The van der Waals surface area contributed by atoms with Crippen molar-refractivity contribution in [3.05, 3.63) is 155 Å². The second kappa shape index (κ2) is 32.2. The lowest BCUT2D eigenvalue weighted by Crippen LogP contribution is -2.55. The molecule has 1 aromatic heterocycles. The van der Waals surface area contributed by atoms with Crippen molar-refractivity contribution in [2.45, 2.75) is 129 Å². The number of carbonyl (C=O) groups excluding carboxylic acids is 9. The maximum atomic E-state index is 14.5. The normalized spacial score (nSPS) is 17.5. The zero-order chi connectivity index (χ0) is 76.9. The summed E-state index contributed by atoms with van der Waals surface area (Å²) in [6, 6.07) is 32.7. The van der Waals surface area contributed by atoms with Gasteiger partial charge >= 0.3 is 6.09 Å². The number of ether oxygens (including phenoxy) is 6. The van der Waals surface area contributed by atoms with Crippen molar-refractivity contribution < 1.29 is 76.7 Å². The lowest BCUT2D eigenvalue weighted by atomic mass is 9.95. The fourth-order valence-corrected chi connectivity index (χ4v) is 14.5. The van der Waals surface area contributed by atoms with Gasteiger partial charge < -0.3 is 80.1 Å². The van der Waals surface area contributed by atoms with Crippen LogP contribution in [0.1, 0.15) is 123 Å². The number of aliphatic hydroxyl groups excluding tert-OH is 1. The molecular weight excluding hydrogens is 1400 g/mol. The van der Waals surface area contributed by atoms with Gasteiger partial charge in [0.15, 0.2) is 29.2 Å². The second-order valence-corrected chi connectivity index (χ2v) is 28.7. The molecule has 570 valence electrons. The van der Waals surface area contributed by atoms with Crippen LogP contribution in [0.5, 0.6) is 28.7 Å². The molecule has 1 saturated heterocycles. The van der Waals surface area contributed by atoms with Crippen LogP contribution >= 0.6 is 0 Å². The molecular formula is C80H89N13O16. The smallest absolute Gasteiger partial charge is 0.416 e. The van der Waals surface area contributed by atoms with Crippen LogP contribution < -0.4 is 65.4 Å². The van der Waals surface area contributed by atoms with E-state index in [0.717, 1.165) is 57.0 Å². The zero-order valence-corrected chi connectivity index (χ0v) is 62.0. The van der Waals surface area contributed by atoms with E-state index in [1.54, 1.807) is 72.1 Å². The molecule has 5 aliphatic heterocycles. The molecule has 29 nitrogen and oxygen atoms in total. The molecule has 9 amide bonds. The number of aliphatic hydroxyl groups is 1. The number of fused-ring (bicyclic) bond motifs is 9. The summed E-state index contributed by atoms with van der Waals surface area (Å²) in [4.78, 5) is 130. The molecule has 109 heavy (non-hydrogen) atoms. The van der Waals surface area contributed by atoms with E-state index < -0.39 is 79.0 Å². The summed E-state index contributed by atoms with van der Waals surface area (Å²) in [5.41, 5.74) is 8.54. The van der Waals surface area contributed by atoms with E-state index >= 15 is 0 Å². The Hall–Kier alpha value is -12.0. The molecule has 0 bridgehead atoms. The minimum atomic E-state index is -1.50.